The molecule has 0 aliphatic rings. The highest BCUT2D eigenvalue weighted by molar-refractivity contribution is 5.67. The maximum Gasteiger partial charge on any atom is 0.116 e. The number of nitrogens with two attached hydrogens (primary N) is 1. The Labute approximate surface area is 129 Å². The third-order valence-corrected chi connectivity index (χ3v) is 3.37. The molecule has 3 rings (SSSR count). The second-order valence-corrected chi connectivity index (χ2v) is 5.11. The molecule has 0 fully saturated rings. The van der Waals surface area contributed by atoms with Gasteiger partial charge in [-0.1, -0.05) is 24.3 Å². The third-order valence-electron chi connectivity index (χ3n) is 3.37. The van der Waals surface area contributed by atoms with Gasteiger partial charge in [0, 0.05) is 30.2 Å². The van der Waals surface area contributed by atoms with Gasteiger partial charge in [-0.25, -0.2) is 0 Å². The highest BCUT2D eigenvalue weighted by atomic mass is 16.3. The van der Waals surface area contributed by atoms with Crippen molar-refractivity contribution < 1.29 is 5.11 Å². The van der Waals surface area contributed by atoms with Crippen molar-refractivity contribution in [3.05, 3.63) is 72.6 Å². The van der Waals surface area contributed by atoms with Crippen LogP contribution in [-0.2, 0) is 6.54 Å². The summed E-state index contributed by atoms with van der Waals surface area (Å²) in [5.74, 6) is 0.246. The van der Waals surface area contributed by atoms with Gasteiger partial charge in [-0.05, 0) is 41.5 Å². The van der Waals surface area contributed by atoms with Gasteiger partial charge in [0.15, 0.2) is 0 Å². The van der Waals surface area contributed by atoms with E-state index in [0.29, 0.717) is 6.54 Å². The molecule has 0 amide bonds. The first-order chi connectivity index (χ1) is 10.7. The Morgan fingerprint density at radius 3 is 2.64 bits per heavy atom. The van der Waals surface area contributed by atoms with Crippen LogP contribution in [0.3, 0.4) is 0 Å². The van der Waals surface area contributed by atoms with E-state index in [1.54, 1.807) is 24.5 Å². The Kier molecular flexibility index (Phi) is 3.92. The number of anilines is 2. The van der Waals surface area contributed by atoms with Crippen LogP contribution < -0.4 is 11.1 Å². The molecule has 0 saturated heterocycles. The molecule has 0 spiro atoms. The van der Waals surface area contributed by atoms with Crippen LogP contribution in [0.15, 0.2) is 67.0 Å². The number of phenolic OH excluding ortho intramolecular Hbond substituents is 1. The minimum Gasteiger partial charge on any atom is -0.508 e. The molecule has 3 aromatic rings. The number of phenols is 1. The highest BCUT2D eigenvalue weighted by Gasteiger charge is 2.02. The number of aromatic nitrogens is 1. The first-order valence-electron chi connectivity index (χ1n) is 7.03. The Bertz CT molecular complexity index is 787. The summed E-state index contributed by atoms with van der Waals surface area (Å²) in [5.41, 5.74) is 10.4. The van der Waals surface area contributed by atoms with E-state index in [-0.39, 0.29) is 5.75 Å². The fraction of sp³-hybridized carbons (Fsp3) is 0.0556. The van der Waals surface area contributed by atoms with Crippen molar-refractivity contribution in [3.8, 4) is 16.9 Å². The van der Waals surface area contributed by atoms with Gasteiger partial charge in [0.1, 0.15) is 5.75 Å². The average Bonchev–Trinajstić information content (AvgIpc) is 2.53. The molecule has 0 atom stereocenters. The fourth-order valence-corrected chi connectivity index (χ4v) is 2.29. The van der Waals surface area contributed by atoms with Crippen molar-refractivity contribution in [1.82, 2.24) is 4.98 Å². The zero-order chi connectivity index (χ0) is 15.4. The second-order valence-electron chi connectivity index (χ2n) is 5.11. The smallest absolute Gasteiger partial charge is 0.116 e. The maximum atomic E-state index is 9.57. The van der Waals surface area contributed by atoms with E-state index in [4.69, 9.17) is 5.73 Å². The number of nitrogen functional groups attached to an aromatic ring is 1. The monoisotopic (exact) mass is 291 g/mol. The van der Waals surface area contributed by atoms with Gasteiger partial charge in [-0.2, -0.15) is 0 Å². The second kappa shape index (κ2) is 6.18. The first-order valence-corrected chi connectivity index (χ1v) is 7.03. The molecular formula is C18H17N3O. The van der Waals surface area contributed by atoms with E-state index in [2.05, 4.69) is 10.3 Å². The minimum atomic E-state index is 0.246. The predicted molar refractivity (Wildman–Crippen MR) is 89.5 cm³/mol. The van der Waals surface area contributed by atoms with E-state index in [9.17, 15) is 5.11 Å². The summed E-state index contributed by atoms with van der Waals surface area (Å²) in [4.78, 5) is 4.25. The van der Waals surface area contributed by atoms with E-state index in [1.807, 2.05) is 42.5 Å². The lowest BCUT2D eigenvalue weighted by Crippen LogP contribution is -2.00. The van der Waals surface area contributed by atoms with Crippen molar-refractivity contribution >= 4 is 11.4 Å². The number of nitrogens with zero attached hydrogens (tertiary/aromatic N) is 1. The van der Waals surface area contributed by atoms with E-state index < -0.39 is 0 Å². The number of nitrogens with one attached hydrogen (secondary N) is 1. The van der Waals surface area contributed by atoms with E-state index in [1.165, 1.54) is 0 Å². The van der Waals surface area contributed by atoms with Crippen molar-refractivity contribution in [2.75, 3.05) is 11.1 Å². The Hall–Kier alpha value is -3.01. The topological polar surface area (TPSA) is 71.2 Å². The van der Waals surface area contributed by atoms with Gasteiger partial charge in [0.25, 0.3) is 0 Å². The summed E-state index contributed by atoms with van der Waals surface area (Å²) in [6, 6.07) is 16.9. The molecule has 1 heterocycles. The predicted octanol–water partition coefficient (Wildman–Crippen LogP) is 3.65. The van der Waals surface area contributed by atoms with Crippen LogP contribution in [0.4, 0.5) is 11.4 Å². The molecule has 0 radical (unpaired) electrons. The Balaban J connectivity index is 1.77. The molecule has 0 bridgehead atoms. The highest BCUT2D eigenvalue weighted by Crippen LogP contribution is 2.24. The normalized spacial score (nSPS) is 10.4. The number of benzene rings is 2. The van der Waals surface area contributed by atoms with Gasteiger partial charge in [0.2, 0.25) is 0 Å². The van der Waals surface area contributed by atoms with Gasteiger partial charge in [-0.15, -0.1) is 0 Å². The van der Waals surface area contributed by atoms with Gasteiger partial charge >= 0.3 is 0 Å². The SMILES string of the molecule is Nc1cccc(CNc2cncc(-c3cccc(O)c3)c2)c1. The lowest BCUT2D eigenvalue weighted by molar-refractivity contribution is 0.475. The standard InChI is InChI=1S/C18H17N3O/c19-16-5-1-3-13(7-16)10-21-17-8-15(11-20-12-17)14-4-2-6-18(22)9-14/h1-9,11-12,21-22H,10,19H2. The Morgan fingerprint density at radius 2 is 1.82 bits per heavy atom. The molecule has 2 aromatic carbocycles. The minimum absolute atomic E-state index is 0.246. The number of aromatic hydroxyl groups is 1. The molecular weight excluding hydrogens is 274 g/mol. The average molecular weight is 291 g/mol. The molecule has 0 aliphatic heterocycles. The molecule has 4 N–H and O–H groups in total. The van der Waals surface area contributed by atoms with Crippen molar-refractivity contribution in [3.63, 3.8) is 0 Å². The van der Waals surface area contributed by atoms with Gasteiger partial charge in [0.05, 0.1) is 5.69 Å². The summed E-state index contributed by atoms with van der Waals surface area (Å²) in [7, 11) is 0. The number of rotatable bonds is 4. The quantitative estimate of drug-likeness (QED) is 0.642. The number of pyridine rings is 1. The summed E-state index contributed by atoms with van der Waals surface area (Å²) in [6.07, 6.45) is 3.55. The summed E-state index contributed by atoms with van der Waals surface area (Å²) < 4.78 is 0. The first kappa shape index (κ1) is 13.9. The summed E-state index contributed by atoms with van der Waals surface area (Å²) in [5, 5.41) is 12.9. The fourth-order valence-electron chi connectivity index (χ4n) is 2.29. The lowest BCUT2D eigenvalue weighted by atomic mass is 10.1. The van der Waals surface area contributed by atoms with Crippen LogP contribution >= 0.6 is 0 Å². The van der Waals surface area contributed by atoms with Crippen LogP contribution in [0.2, 0.25) is 0 Å². The molecule has 0 aliphatic carbocycles. The lowest BCUT2D eigenvalue weighted by Gasteiger charge is -2.09. The zero-order valence-corrected chi connectivity index (χ0v) is 12.0. The van der Waals surface area contributed by atoms with Crippen LogP contribution in [0.5, 0.6) is 5.75 Å². The van der Waals surface area contributed by atoms with E-state index >= 15 is 0 Å². The third kappa shape index (κ3) is 3.35. The zero-order valence-electron chi connectivity index (χ0n) is 12.0. The van der Waals surface area contributed by atoms with Gasteiger partial charge in [-0.3, -0.25) is 4.98 Å². The van der Waals surface area contributed by atoms with Crippen LogP contribution in [0.1, 0.15) is 5.56 Å². The molecule has 22 heavy (non-hydrogen) atoms. The van der Waals surface area contributed by atoms with Crippen molar-refractivity contribution in [2.24, 2.45) is 0 Å². The van der Waals surface area contributed by atoms with Crippen LogP contribution in [0, 0.1) is 0 Å². The van der Waals surface area contributed by atoms with Crippen LogP contribution in [-0.4, -0.2) is 10.1 Å². The molecule has 4 nitrogen and oxygen atoms in total. The largest absolute Gasteiger partial charge is 0.508 e. The van der Waals surface area contributed by atoms with Crippen molar-refractivity contribution in [1.29, 1.82) is 0 Å². The Morgan fingerprint density at radius 1 is 0.955 bits per heavy atom. The maximum absolute atomic E-state index is 9.57. The van der Waals surface area contributed by atoms with Crippen molar-refractivity contribution in [2.45, 2.75) is 6.54 Å². The summed E-state index contributed by atoms with van der Waals surface area (Å²) in [6.45, 7) is 0.677. The molecule has 4 heteroatoms. The van der Waals surface area contributed by atoms with Gasteiger partial charge < -0.3 is 16.2 Å². The molecule has 0 saturated carbocycles. The van der Waals surface area contributed by atoms with Crippen LogP contribution in [0.25, 0.3) is 11.1 Å². The molecule has 0 unspecified atom stereocenters. The number of hydrogen-bond donors (Lipinski definition) is 3. The number of hydrogen-bond acceptors (Lipinski definition) is 4. The molecule has 110 valence electrons. The summed E-state index contributed by atoms with van der Waals surface area (Å²) >= 11 is 0. The molecule has 1 aromatic heterocycles. The van der Waals surface area contributed by atoms with E-state index in [0.717, 1.165) is 28.1 Å².